The van der Waals surface area contributed by atoms with Crippen molar-refractivity contribution in [3.05, 3.63) is 34.4 Å². The number of ether oxygens (including phenoxy) is 2. The minimum Gasteiger partial charge on any atom is -0.382 e. The Morgan fingerprint density at radius 2 is 1.71 bits per heavy atom. The molecule has 0 heterocycles. The summed E-state index contributed by atoms with van der Waals surface area (Å²) in [6.07, 6.45) is 2.14. The van der Waals surface area contributed by atoms with E-state index in [1.807, 2.05) is 0 Å². The van der Waals surface area contributed by atoms with Crippen LogP contribution in [-0.4, -0.2) is 33.5 Å². The van der Waals surface area contributed by atoms with Crippen molar-refractivity contribution in [1.29, 1.82) is 0 Å². The molecule has 0 fully saturated rings. The van der Waals surface area contributed by atoms with Crippen LogP contribution in [0.1, 0.15) is 48.1 Å². The van der Waals surface area contributed by atoms with Gasteiger partial charge in [-0.2, -0.15) is 0 Å². The van der Waals surface area contributed by atoms with Gasteiger partial charge in [-0.15, -0.1) is 0 Å². The lowest BCUT2D eigenvalue weighted by molar-refractivity contribution is 0.0657. The largest absolute Gasteiger partial charge is 0.382 e. The fourth-order valence-corrected chi connectivity index (χ4v) is 2.49. The van der Waals surface area contributed by atoms with E-state index >= 15 is 0 Å². The van der Waals surface area contributed by atoms with E-state index in [0.29, 0.717) is 19.3 Å². The summed E-state index contributed by atoms with van der Waals surface area (Å²) >= 11 is 0. The second-order valence-electron chi connectivity index (χ2n) is 5.69. The lowest BCUT2D eigenvalue weighted by Gasteiger charge is -2.22. The lowest BCUT2D eigenvalue weighted by atomic mass is 9.94. The Kier molecular flexibility index (Phi) is 8.58. The molecule has 3 heteroatoms. The van der Waals surface area contributed by atoms with Crippen molar-refractivity contribution in [3.63, 3.8) is 0 Å². The van der Waals surface area contributed by atoms with Crippen LogP contribution in [0.3, 0.4) is 0 Å². The molecule has 1 aromatic carbocycles. The van der Waals surface area contributed by atoms with Gasteiger partial charge in [-0.05, 0) is 62.4 Å². The molecule has 0 bridgehead atoms. The molecule has 0 radical (unpaired) electrons. The summed E-state index contributed by atoms with van der Waals surface area (Å²) in [7, 11) is 1.70. The molecule has 120 valence electrons. The summed E-state index contributed by atoms with van der Waals surface area (Å²) in [6, 6.07) is 4.98. The Hall–Kier alpha value is -0.900. The van der Waals surface area contributed by atoms with Gasteiger partial charge in [0, 0.05) is 19.8 Å². The van der Waals surface area contributed by atoms with Crippen LogP contribution in [0.5, 0.6) is 0 Å². The molecule has 0 aliphatic heterocycles. The fraction of sp³-hybridized carbons (Fsp3) is 0.667. The first kappa shape index (κ1) is 18.1. The van der Waals surface area contributed by atoms with Gasteiger partial charge in [-0.3, -0.25) is 0 Å². The number of hydrogen-bond acceptors (Lipinski definition) is 3. The Labute approximate surface area is 130 Å². The van der Waals surface area contributed by atoms with E-state index in [-0.39, 0.29) is 0 Å². The second-order valence-corrected chi connectivity index (χ2v) is 5.69. The van der Waals surface area contributed by atoms with E-state index in [9.17, 15) is 0 Å². The maximum absolute atomic E-state index is 5.63. The fourth-order valence-electron chi connectivity index (χ4n) is 2.49. The van der Waals surface area contributed by atoms with Crippen LogP contribution in [0.4, 0.5) is 0 Å². The molecule has 1 N–H and O–H groups in total. The first-order valence-electron chi connectivity index (χ1n) is 7.98. The van der Waals surface area contributed by atoms with Crippen LogP contribution in [0.25, 0.3) is 0 Å². The van der Waals surface area contributed by atoms with Crippen molar-refractivity contribution in [2.75, 3.05) is 33.5 Å². The third-order valence-electron chi connectivity index (χ3n) is 3.88. The third-order valence-corrected chi connectivity index (χ3v) is 3.88. The van der Waals surface area contributed by atoms with E-state index in [2.05, 4.69) is 45.1 Å². The minimum atomic E-state index is 0.367. The van der Waals surface area contributed by atoms with E-state index in [1.165, 1.54) is 22.3 Å². The molecule has 1 unspecified atom stereocenters. The van der Waals surface area contributed by atoms with Crippen molar-refractivity contribution >= 4 is 0 Å². The van der Waals surface area contributed by atoms with Crippen LogP contribution < -0.4 is 5.32 Å². The van der Waals surface area contributed by atoms with Crippen LogP contribution in [0, 0.1) is 20.8 Å². The molecule has 0 saturated carbocycles. The monoisotopic (exact) mass is 293 g/mol. The van der Waals surface area contributed by atoms with Crippen LogP contribution >= 0.6 is 0 Å². The molecule has 3 nitrogen and oxygen atoms in total. The van der Waals surface area contributed by atoms with E-state index in [1.54, 1.807) is 7.11 Å². The zero-order valence-corrected chi connectivity index (χ0v) is 14.3. The molecule has 0 aromatic heterocycles. The van der Waals surface area contributed by atoms with E-state index < -0.39 is 0 Å². The number of hydrogen-bond donors (Lipinski definition) is 1. The number of methoxy groups -OCH3 is 1. The molecule has 1 atom stereocenters. The second kappa shape index (κ2) is 9.93. The molecular weight excluding hydrogens is 262 g/mol. The SMILES string of the molecule is CCCNC(CCOCCOC)c1cc(C)c(C)cc1C. The molecule has 1 rings (SSSR count). The van der Waals surface area contributed by atoms with Crippen molar-refractivity contribution in [2.45, 2.75) is 46.6 Å². The average molecular weight is 293 g/mol. The van der Waals surface area contributed by atoms with Gasteiger partial charge in [0.1, 0.15) is 0 Å². The molecule has 1 aromatic rings. The van der Waals surface area contributed by atoms with Crippen LogP contribution in [0.15, 0.2) is 12.1 Å². The first-order chi connectivity index (χ1) is 10.1. The number of aryl methyl sites for hydroxylation is 3. The predicted molar refractivity (Wildman–Crippen MR) is 89.0 cm³/mol. The van der Waals surface area contributed by atoms with Gasteiger partial charge < -0.3 is 14.8 Å². The normalized spacial score (nSPS) is 12.6. The zero-order valence-electron chi connectivity index (χ0n) is 14.3. The maximum Gasteiger partial charge on any atom is 0.0700 e. The summed E-state index contributed by atoms with van der Waals surface area (Å²) in [4.78, 5) is 0. The highest BCUT2D eigenvalue weighted by Gasteiger charge is 2.14. The Bertz CT molecular complexity index is 418. The Morgan fingerprint density at radius 1 is 1.00 bits per heavy atom. The number of nitrogens with one attached hydrogen (secondary N) is 1. The molecule has 0 aliphatic rings. The van der Waals surface area contributed by atoms with E-state index in [0.717, 1.165) is 26.0 Å². The highest BCUT2D eigenvalue weighted by Crippen LogP contribution is 2.24. The van der Waals surface area contributed by atoms with Crippen molar-refractivity contribution < 1.29 is 9.47 Å². The quantitative estimate of drug-likeness (QED) is 0.667. The smallest absolute Gasteiger partial charge is 0.0700 e. The summed E-state index contributed by atoms with van der Waals surface area (Å²) in [5, 5.41) is 3.65. The topological polar surface area (TPSA) is 30.5 Å². The molecule has 0 spiro atoms. The highest BCUT2D eigenvalue weighted by molar-refractivity contribution is 5.38. The van der Waals surface area contributed by atoms with Gasteiger partial charge in [0.2, 0.25) is 0 Å². The van der Waals surface area contributed by atoms with Crippen molar-refractivity contribution in [2.24, 2.45) is 0 Å². The van der Waals surface area contributed by atoms with Crippen molar-refractivity contribution in [1.82, 2.24) is 5.32 Å². The lowest BCUT2D eigenvalue weighted by Crippen LogP contribution is -2.24. The molecule has 21 heavy (non-hydrogen) atoms. The van der Waals surface area contributed by atoms with Gasteiger partial charge in [-0.25, -0.2) is 0 Å². The van der Waals surface area contributed by atoms with Crippen LogP contribution in [0.2, 0.25) is 0 Å². The van der Waals surface area contributed by atoms with Gasteiger partial charge in [0.15, 0.2) is 0 Å². The molecule has 0 amide bonds. The minimum absolute atomic E-state index is 0.367. The van der Waals surface area contributed by atoms with Gasteiger partial charge >= 0.3 is 0 Å². The first-order valence-corrected chi connectivity index (χ1v) is 7.98. The Balaban J connectivity index is 2.70. The maximum atomic E-state index is 5.63. The molecular formula is C18H31NO2. The van der Waals surface area contributed by atoms with Crippen molar-refractivity contribution in [3.8, 4) is 0 Å². The predicted octanol–water partition coefficient (Wildman–Crippen LogP) is 3.71. The zero-order chi connectivity index (χ0) is 15.7. The van der Waals surface area contributed by atoms with Gasteiger partial charge in [0.05, 0.1) is 13.2 Å². The van der Waals surface area contributed by atoms with Gasteiger partial charge in [0.25, 0.3) is 0 Å². The van der Waals surface area contributed by atoms with Gasteiger partial charge in [-0.1, -0.05) is 19.1 Å². The molecule has 0 aliphatic carbocycles. The molecule has 0 saturated heterocycles. The average Bonchev–Trinajstić information content (AvgIpc) is 2.46. The number of benzene rings is 1. The summed E-state index contributed by atoms with van der Waals surface area (Å²) in [5.41, 5.74) is 5.49. The van der Waals surface area contributed by atoms with Crippen LogP contribution in [-0.2, 0) is 9.47 Å². The standard InChI is InChI=1S/C18H31NO2/c1-6-8-19-18(7-9-21-11-10-20-5)17-13-15(3)14(2)12-16(17)4/h12-13,18-19H,6-11H2,1-5H3. The Morgan fingerprint density at radius 3 is 2.38 bits per heavy atom. The van der Waals surface area contributed by atoms with E-state index in [4.69, 9.17) is 9.47 Å². The summed E-state index contributed by atoms with van der Waals surface area (Å²) < 4.78 is 10.6. The third kappa shape index (κ3) is 6.16. The highest BCUT2D eigenvalue weighted by atomic mass is 16.5. The summed E-state index contributed by atoms with van der Waals surface area (Å²) in [6.45, 7) is 11.9. The number of rotatable bonds is 10. The summed E-state index contributed by atoms with van der Waals surface area (Å²) in [5.74, 6) is 0.